The third kappa shape index (κ3) is 9.36. The molecule has 2 aromatic heterocycles. The molecule has 5 N–H and O–H groups in total. The summed E-state index contributed by atoms with van der Waals surface area (Å²) in [6.07, 6.45) is 4.56. The van der Waals surface area contributed by atoms with Crippen molar-refractivity contribution in [1.29, 1.82) is 0 Å². The molecule has 0 bridgehead atoms. The lowest BCUT2D eigenvalue weighted by molar-refractivity contribution is -0.136. The van der Waals surface area contributed by atoms with Crippen LogP contribution < -0.4 is 21.3 Å². The van der Waals surface area contributed by atoms with E-state index in [0.717, 1.165) is 5.56 Å². The highest BCUT2D eigenvalue weighted by Gasteiger charge is 2.36. The van der Waals surface area contributed by atoms with Gasteiger partial charge in [-0.15, -0.1) is 5.10 Å². The number of carboxylic acids is 1. The van der Waals surface area contributed by atoms with Crippen LogP contribution in [0.4, 0.5) is 17.1 Å². The fourth-order valence-corrected chi connectivity index (χ4v) is 5.25. The van der Waals surface area contributed by atoms with E-state index in [1.165, 1.54) is 47.5 Å². The first-order valence-electron chi connectivity index (χ1n) is 15.5. The fraction of sp³-hybridized carbons (Fsp3) is 0.171. The van der Waals surface area contributed by atoms with Gasteiger partial charge in [-0.25, -0.2) is 4.79 Å². The van der Waals surface area contributed by atoms with Gasteiger partial charge in [-0.05, 0) is 94.6 Å². The minimum Gasteiger partial charge on any atom is -0.478 e. The van der Waals surface area contributed by atoms with Crippen molar-refractivity contribution in [2.45, 2.75) is 20.3 Å². The van der Waals surface area contributed by atoms with Gasteiger partial charge in [0.25, 0.3) is 5.91 Å². The molecular formula is C35H32ClN9O6. The Balaban J connectivity index is 1.30. The maximum Gasteiger partial charge on any atom is 0.335 e. The monoisotopic (exact) mass is 709 g/mol. The molecule has 15 nitrogen and oxygen atoms in total. The van der Waals surface area contributed by atoms with Gasteiger partial charge in [-0.2, -0.15) is 4.68 Å². The number of amides is 4. The van der Waals surface area contributed by atoms with Gasteiger partial charge in [-0.3, -0.25) is 24.2 Å². The smallest absolute Gasteiger partial charge is 0.335 e. The molecule has 0 aliphatic carbocycles. The van der Waals surface area contributed by atoms with Crippen molar-refractivity contribution in [3.63, 3.8) is 0 Å². The Morgan fingerprint density at radius 3 is 2.22 bits per heavy atom. The highest BCUT2D eigenvalue weighted by molar-refractivity contribution is 6.40. The molecule has 5 aromatic rings. The SMILES string of the molecule is CC(C)(CNC(=O)C(=O)Nc1cc(Cl)ccc1-n1cnnn1)[C@H](Cc1ccc(NC(=O)c2cccnc2)cc1)C(=O)Nc1ccc(C(=O)O)cc1. The van der Waals surface area contributed by atoms with Crippen molar-refractivity contribution < 1.29 is 29.1 Å². The maximum absolute atomic E-state index is 13.8. The van der Waals surface area contributed by atoms with E-state index in [-0.39, 0.29) is 30.1 Å². The van der Waals surface area contributed by atoms with Crippen molar-refractivity contribution >= 4 is 58.3 Å². The van der Waals surface area contributed by atoms with Crippen LogP contribution in [0.5, 0.6) is 0 Å². The molecule has 2 heterocycles. The van der Waals surface area contributed by atoms with Crippen LogP contribution in [-0.2, 0) is 20.8 Å². The van der Waals surface area contributed by atoms with E-state index in [1.807, 2.05) is 0 Å². The zero-order chi connectivity index (χ0) is 36.5. The Labute approximate surface area is 296 Å². The summed E-state index contributed by atoms with van der Waals surface area (Å²) in [4.78, 5) is 67.7. The predicted molar refractivity (Wildman–Crippen MR) is 187 cm³/mol. The first-order valence-corrected chi connectivity index (χ1v) is 15.8. The largest absolute Gasteiger partial charge is 0.478 e. The fourth-order valence-electron chi connectivity index (χ4n) is 5.08. The number of halogens is 1. The molecule has 260 valence electrons. The molecule has 0 aliphatic heterocycles. The van der Waals surface area contributed by atoms with Crippen LogP contribution in [0.15, 0.2) is 97.6 Å². The predicted octanol–water partition coefficient (Wildman–Crippen LogP) is 4.24. The summed E-state index contributed by atoms with van der Waals surface area (Å²) >= 11 is 6.13. The normalized spacial score (nSPS) is 11.6. The molecule has 0 aliphatic rings. The number of nitrogens with one attached hydrogen (secondary N) is 4. The number of nitrogens with zero attached hydrogens (tertiary/aromatic N) is 5. The number of carbonyl (C=O) groups excluding carboxylic acids is 4. The van der Waals surface area contributed by atoms with Gasteiger partial charge in [0.05, 0.1) is 22.5 Å². The first kappa shape index (κ1) is 35.8. The van der Waals surface area contributed by atoms with E-state index in [1.54, 1.807) is 68.6 Å². The molecule has 0 unspecified atom stereocenters. The summed E-state index contributed by atoms with van der Waals surface area (Å²) in [6, 6.07) is 20.6. The molecule has 1 atom stereocenters. The molecule has 3 aromatic carbocycles. The van der Waals surface area contributed by atoms with Gasteiger partial charge in [0.15, 0.2) is 0 Å². The van der Waals surface area contributed by atoms with Gasteiger partial charge < -0.3 is 26.4 Å². The maximum atomic E-state index is 13.8. The van der Waals surface area contributed by atoms with E-state index in [9.17, 15) is 29.1 Å². The van der Waals surface area contributed by atoms with Gasteiger partial charge in [-0.1, -0.05) is 37.6 Å². The molecule has 0 spiro atoms. The van der Waals surface area contributed by atoms with Crippen LogP contribution in [0.2, 0.25) is 5.02 Å². The van der Waals surface area contributed by atoms with Gasteiger partial charge >= 0.3 is 17.8 Å². The number of aromatic nitrogens is 5. The lowest BCUT2D eigenvalue weighted by Gasteiger charge is -2.34. The second-order valence-corrected chi connectivity index (χ2v) is 12.5. The lowest BCUT2D eigenvalue weighted by Crippen LogP contribution is -2.46. The number of hydrogen-bond donors (Lipinski definition) is 5. The summed E-state index contributed by atoms with van der Waals surface area (Å²) in [5, 5.41) is 31.4. The average molecular weight is 710 g/mol. The average Bonchev–Trinajstić information content (AvgIpc) is 3.66. The Morgan fingerprint density at radius 2 is 1.57 bits per heavy atom. The van der Waals surface area contributed by atoms with E-state index >= 15 is 0 Å². The molecule has 0 saturated carbocycles. The van der Waals surface area contributed by atoms with E-state index in [2.05, 4.69) is 41.8 Å². The highest BCUT2D eigenvalue weighted by atomic mass is 35.5. The number of tetrazole rings is 1. The molecule has 5 rings (SSSR count). The molecule has 0 saturated heterocycles. The molecule has 4 amide bonds. The Bertz CT molecular complexity index is 2040. The van der Waals surface area contributed by atoms with E-state index in [0.29, 0.717) is 27.6 Å². The first-order chi connectivity index (χ1) is 24.4. The van der Waals surface area contributed by atoms with Gasteiger partial charge in [0, 0.05) is 41.3 Å². The summed E-state index contributed by atoms with van der Waals surface area (Å²) in [5.74, 6) is -4.54. The number of hydrogen-bond acceptors (Lipinski definition) is 9. The zero-order valence-corrected chi connectivity index (χ0v) is 28.1. The van der Waals surface area contributed by atoms with E-state index in [4.69, 9.17) is 11.6 Å². The van der Waals surface area contributed by atoms with E-state index < -0.39 is 35.0 Å². The molecule has 0 radical (unpaired) electrons. The van der Waals surface area contributed by atoms with Crippen LogP contribution >= 0.6 is 11.6 Å². The second kappa shape index (κ2) is 15.8. The quantitative estimate of drug-likeness (QED) is 0.116. The van der Waals surface area contributed by atoms with Gasteiger partial charge in [0.2, 0.25) is 5.91 Å². The summed E-state index contributed by atoms with van der Waals surface area (Å²) in [5.41, 5.74) is 1.76. The van der Waals surface area contributed by atoms with Crippen LogP contribution in [-0.4, -0.2) is 66.4 Å². The number of anilines is 3. The molecule has 16 heteroatoms. The third-order valence-electron chi connectivity index (χ3n) is 7.95. The highest BCUT2D eigenvalue weighted by Crippen LogP contribution is 2.32. The number of rotatable bonds is 12. The second-order valence-electron chi connectivity index (χ2n) is 12.1. The number of benzene rings is 3. The molecule has 51 heavy (non-hydrogen) atoms. The number of pyridine rings is 1. The Kier molecular flexibility index (Phi) is 11.1. The van der Waals surface area contributed by atoms with Crippen molar-refractivity contribution in [2.24, 2.45) is 11.3 Å². The molecular weight excluding hydrogens is 678 g/mol. The van der Waals surface area contributed by atoms with Crippen molar-refractivity contribution in [1.82, 2.24) is 30.5 Å². The summed E-state index contributed by atoms with van der Waals surface area (Å²) in [7, 11) is 0. The van der Waals surface area contributed by atoms with Crippen molar-refractivity contribution in [2.75, 3.05) is 22.5 Å². The summed E-state index contributed by atoms with van der Waals surface area (Å²) < 4.78 is 1.30. The standard InChI is InChI=1S/C35H32ClN9O6/c1-35(2,19-38-32(48)33(49)42-28-17-24(36)9-14-29(28)45-20-39-43-44-45)27(31(47)41-26-12-7-22(8-13-26)34(50)51)16-21-5-10-25(11-6-21)40-30(46)23-4-3-15-37-18-23/h3-15,17-18,20,27H,16,19H2,1-2H3,(H,38,48)(H,40,46)(H,41,47)(H,42,49)(H,50,51)/t27-/m1/s1. The Hall–Kier alpha value is -6.48. The van der Waals surface area contributed by atoms with Crippen molar-refractivity contribution in [3.05, 3.63) is 119 Å². The van der Waals surface area contributed by atoms with Gasteiger partial charge in [0.1, 0.15) is 6.33 Å². The number of aromatic carboxylic acids is 1. The zero-order valence-electron chi connectivity index (χ0n) is 27.3. The number of carbonyl (C=O) groups is 5. The topological polar surface area (TPSA) is 210 Å². The molecule has 0 fully saturated rings. The minimum absolute atomic E-state index is 0.0597. The third-order valence-corrected chi connectivity index (χ3v) is 8.18. The lowest BCUT2D eigenvalue weighted by atomic mass is 9.74. The van der Waals surface area contributed by atoms with Crippen LogP contribution in [0.1, 0.15) is 40.1 Å². The summed E-state index contributed by atoms with van der Waals surface area (Å²) in [6.45, 7) is 3.47. The number of carboxylic acid groups (broad SMARTS) is 1. The van der Waals surface area contributed by atoms with Crippen LogP contribution in [0, 0.1) is 11.3 Å². The van der Waals surface area contributed by atoms with Crippen molar-refractivity contribution in [3.8, 4) is 5.69 Å². The van der Waals surface area contributed by atoms with Crippen LogP contribution in [0.25, 0.3) is 5.69 Å². The van der Waals surface area contributed by atoms with Crippen LogP contribution in [0.3, 0.4) is 0 Å². The minimum atomic E-state index is -1.10. The Morgan fingerprint density at radius 1 is 0.863 bits per heavy atom.